The first-order valence-electron chi connectivity index (χ1n) is 6.72. The van der Waals surface area contributed by atoms with Gasteiger partial charge in [-0.2, -0.15) is 0 Å². The molecule has 0 aliphatic heterocycles. The Morgan fingerprint density at radius 1 is 1.05 bits per heavy atom. The van der Waals surface area contributed by atoms with Gasteiger partial charge in [0.2, 0.25) is 0 Å². The fourth-order valence-corrected chi connectivity index (χ4v) is 4.07. The number of rotatable bonds is 7. The van der Waals surface area contributed by atoms with E-state index in [1.807, 2.05) is 12.3 Å². The fraction of sp³-hybridized carbons (Fsp3) is 0.400. The minimum atomic E-state index is -2.44. The van der Waals surface area contributed by atoms with Gasteiger partial charge in [-0.1, -0.05) is 12.1 Å². The summed E-state index contributed by atoms with van der Waals surface area (Å²) in [4.78, 5) is 4.33. The van der Waals surface area contributed by atoms with Crippen molar-refractivity contribution in [1.29, 1.82) is 0 Å². The summed E-state index contributed by atoms with van der Waals surface area (Å²) in [6, 6.07) is 11.3. The molecule has 108 valence electrons. The molecule has 2 rings (SSSR count). The second kappa shape index (κ2) is 6.94. The van der Waals surface area contributed by atoms with Gasteiger partial charge in [-0.3, -0.25) is 4.98 Å². The normalized spacial score (nSPS) is 11.9. The summed E-state index contributed by atoms with van der Waals surface area (Å²) in [6.45, 7) is 0. The van der Waals surface area contributed by atoms with Crippen LogP contribution in [0.2, 0.25) is 6.04 Å². The largest absolute Gasteiger partial charge is 0.500 e. The Labute approximate surface area is 121 Å². The maximum atomic E-state index is 5.43. The molecule has 0 radical (unpaired) electrons. The van der Waals surface area contributed by atoms with Crippen LogP contribution in [0, 0.1) is 0 Å². The molecule has 5 heteroatoms. The molecule has 0 atom stereocenters. The van der Waals surface area contributed by atoms with Crippen molar-refractivity contribution in [2.24, 2.45) is 0 Å². The van der Waals surface area contributed by atoms with Crippen molar-refractivity contribution in [3.8, 4) is 0 Å². The summed E-state index contributed by atoms with van der Waals surface area (Å²) in [5.74, 6) is 0. The molecular weight excluding hydrogens is 270 g/mol. The molecule has 0 unspecified atom stereocenters. The van der Waals surface area contributed by atoms with E-state index in [0.717, 1.165) is 24.4 Å². The second-order valence-corrected chi connectivity index (χ2v) is 7.77. The summed E-state index contributed by atoms with van der Waals surface area (Å²) in [5, 5.41) is 1.18. The standard InChI is InChI=1S/C15H21NO3Si/c1-17-20(18-2,19-3)11-5-6-13-8-9-15-14(12-13)7-4-10-16-15/h4,7-10,12H,5-6,11H2,1-3H3. The average molecular weight is 291 g/mol. The monoisotopic (exact) mass is 291 g/mol. The van der Waals surface area contributed by atoms with Gasteiger partial charge in [0.05, 0.1) is 5.52 Å². The lowest BCUT2D eigenvalue weighted by atomic mass is 10.1. The van der Waals surface area contributed by atoms with Crippen molar-refractivity contribution in [3.63, 3.8) is 0 Å². The Kier molecular flexibility index (Phi) is 5.25. The third-order valence-corrected chi connectivity index (χ3v) is 6.38. The lowest BCUT2D eigenvalue weighted by Gasteiger charge is -2.24. The van der Waals surface area contributed by atoms with Crippen LogP contribution in [0.15, 0.2) is 36.5 Å². The zero-order valence-corrected chi connectivity index (χ0v) is 13.3. The summed E-state index contributed by atoms with van der Waals surface area (Å²) in [5.41, 5.74) is 2.34. The van der Waals surface area contributed by atoms with Gasteiger partial charge in [0.25, 0.3) is 0 Å². The van der Waals surface area contributed by atoms with E-state index in [1.54, 1.807) is 21.3 Å². The van der Waals surface area contributed by atoms with Gasteiger partial charge >= 0.3 is 8.80 Å². The highest BCUT2D eigenvalue weighted by molar-refractivity contribution is 6.60. The lowest BCUT2D eigenvalue weighted by Crippen LogP contribution is -2.42. The highest BCUT2D eigenvalue weighted by Crippen LogP contribution is 2.19. The van der Waals surface area contributed by atoms with Gasteiger partial charge in [0.15, 0.2) is 0 Å². The molecule has 2 aromatic rings. The molecular formula is C15H21NO3Si. The predicted molar refractivity (Wildman–Crippen MR) is 81.7 cm³/mol. The average Bonchev–Trinajstić information content (AvgIpc) is 2.52. The smallest absolute Gasteiger partial charge is 0.377 e. The number of nitrogens with zero attached hydrogens (tertiary/aromatic N) is 1. The van der Waals surface area contributed by atoms with Gasteiger partial charge < -0.3 is 13.3 Å². The Balaban J connectivity index is 1.99. The van der Waals surface area contributed by atoms with Crippen molar-refractivity contribution in [2.45, 2.75) is 18.9 Å². The molecule has 0 N–H and O–H groups in total. The van der Waals surface area contributed by atoms with Crippen LogP contribution < -0.4 is 0 Å². The van der Waals surface area contributed by atoms with E-state index in [-0.39, 0.29) is 0 Å². The summed E-state index contributed by atoms with van der Waals surface area (Å²) in [6.07, 6.45) is 3.78. The van der Waals surface area contributed by atoms with Crippen LogP contribution >= 0.6 is 0 Å². The highest BCUT2D eigenvalue weighted by atomic mass is 28.4. The molecule has 1 heterocycles. The molecule has 4 nitrogen and oxygen atoms in total. The molecule has 0 saturated carbocycles. The number of aromatic nitrogens is 1. The van der Waals surface area contributed by atoms with Crippen LogP contribution in [-0.4, -0.2) is 35.1 Å². The van der Waals surface area contributed by atoms with E-state index in [0.29, 0.717) is 0 Å². The van der Waals surface area contributed by atoms with Crippen molar-refractivity contribution in [2.75, 3.05) is 21.3 Å². The summed E-state index contributed by atoms with van der Waals surface area (Å²) < 4.78 is 16.3. The van der Waals surface area contributed by atoms with Gasteiger partial charge in [-0.15, -0.1) is 0 Å². The number of benzene rings is 1. The molecule has 0 bridgehead atoms. The summed E-state index contributed by atoms with van der Waals surface area (Å²) in [7, 11) is 2.52. The van der Waals surface area contributed by atoms with E-state index in [1.165, 1.54) is 10.9 Å². The molecule has 0 aliphatic rings. The zero-order valence-electron chi connectivity index (χ0n) is 12.3. The third-order valence-electron chi connectivity index (χ3n) is 3.55. The van der Waals surface area contributed by atoms with Crippen molar-refractivity contribution in [3.05, 3.63) is 42.1 Å². The minimum absolute atomic E-state index is 0.821. The Bertz CT molecular complexity index is 549. The van der Waals surface area contributed by atoms with Gasteiger partial charge in [-0.25, -0.2) is 0 Å². The first kappa shape index (κ1) is 15.1. The minimum Gasteiger partial charge on any atom is -0.377 e. The maximum absolute atomic E-state index is 5.43. The van der Waals surface area contributed by atoms with E-state index < -0.39 is 8.80 Å². The number of pyridine rings is 1. The quantitative estimate of drug-likeness (QED) is 0.735. The molecule has 1 aromatic carbocycles. The van der Waals surface area contributed by atoms with E-state index in [4.69, 9.17) is 13.3 Å². The molecule has 0 fully saturated rings. The van der Waals surface area contributed by atoms with Crippen LogP contribution in [0.1, 0.15) is 12.0 Å². The van der Waals surface area contributed by atoms with Crippen LogP contribution in [0.5, 0.6) is 0 Å². The lowest BCUT2D eigenvalue weighted by molar-refractivity contribution is 0.123. The van der Waals surface area contributed by atoms with E-state index in [9.17, 15) is 0 Å². The predicted octanol–water partition coefficient (Wildman–Crippen LogP) is 3.05. The first-order valence-corrected chi connectivity index (χ1v) is 8.65. The molecule has 0 saturated heterocycles. The Hall–Kier alpha value is -1.27. The Morgan fingerprint density at radius 3 is 2.50 bits per heavy atom. The van der Waals surface area contributed by atoms with Crippen LogP contribution in [-0.2, 0) is 19.7 Å². The van der Waals surface area contributed by atoms with Crippen LogP contribution in [0.25, 0.3) is 10.9 Å². The highest BCUT2D eigenvalue weighted by Gasteiger charge is 2.36. The number of fused-ring (bicyclic) bond motifs is 1. The number of aryl methyl sites for hydroxylation is 1. The molecule has 0 spiro atoms. The fourth-order valence-electron chi connectivity index (χ4n) is 2.35. The zero-order chi connectivity index (χ0) is 14.4. The molecule has 20 heavy (non-hydrogen) atoms. The van der Waals surface area contributed by atoms with Crippen molar-refractivity contribution in [1.82, 2.24) is 4.98 Å². The van der Waals surface area contributed by atoms with E-state index in [2.05, 4.69) is 29.2 Å². The van der Waals surface area contributed by atoms with Crippen LogP contribution in [0.3, 0.4) is 0 Å². The van der Waals surface area contributed by atoms with E-state index >= 15 is 0 Å². The van der Waals surface area contributed by atoms with Crippen molar-refractivity contribution < 1.29 is 13.3 Å². The van der Waals surface area contributed by atoms with Crippen LogP contribution in [0.4, 0.5) is 0 Å². The summed E-state index contributed by atoms with van der Waals surface area (Å²) >= 11 is 0. The van der Waals surface area contributed by atoms with Gasteiger partial charge in [0.1, 0.15) is 0 Å². The maximum Gasteiger partial charge on any atom is 0.500 e. The number of hydrogen-bond acceptors (Lipinski definition) is 4. The molecule has 1 aromatic heterocycles. The molecule has 0 aliphatic carbocycles. The SMILES string of the molecule is CO[Si](CCCc1ccc2ncccc2c1)(OC)OC. The second-order valence-electron chi connectivity index (χ2n) is 4.68. The third kappa shape index (κ3) is 3.43. The first-order chi connectivity index (χ1) is 9.73. The van der Waals surface area contributed by atoms with Crippen molar-refractivity contribution >= 4 is 19.7 Å². The van der Waals surface area contributed by atoms with Gasteiger partial charge in [0, 0.05) is 39.0 Å². The Morgan fingerprint density at radius 2 is 1.80 bits per heavy atom. The topological polar surface area (TPSA) is 40.6 Å². The number of hydrogen-bond donors (Lipinski definition) is 0. The van der Waals surface area contributed by atoms with Gasteiger partial charge in [-0.05, 0) is 36.6 Å². The molecule has 0 amide bonds.